The number of ether oxygens (including phenoxy) is 1. The topological polar surface area (TPSA) is 27.1 Å². The summed E-state index contributed by atoms with van der Waals surface area (Å²) in [6.07, 6.45) is 5.62. The van der Waals surface area contributed by atoms with E-state index in [0.29, 0.717) is 12.7 Å². The van der Waals surface area contributed by atoms with E-state index in [1.807, 2.05) is 16.9 Å². The van der Waals surface area contributed by atoms with Gasteiger partial charge in [-0.1, -0.05) is 20.3 Å². The van der Waals surface area contributed by atoms with E-state index in [9.17, 15) is 0 Å². The van der Waals surface area contributed by atoms with E-state index in [1.54, 1.807) is 0 Å². The summed E-state index contributed by atoms with van der Waals surface area (Å²) in [4.78, 5) is 0. The molecule has 1 heterocycles. The first-order valence-electron chi connectivity index (χ1n) is 5.90. The third-order valence-electron chi connectivity index (χ3n) is 2.62. The Bertz CT molecular complexity index is 270. The summed E-state index contributed by atoms with van der Waals surface area (Å²) >= 11 is 0. The normalized spacial score (nSPS) is 13.0. The van der Waals surface area contributed by atoms with Crippen molar-refractivity contribution in [1.29, 1.82) is 0 Å². The molecule has 0 aliphatic heterocycles. The van der Waals surface area contributed by atoms with E-state index >= 15 is 0 Å². The first-order valence-corrected chi connectivity index (χ1v) is 5.90. The number of nitrogens with zero attached hydrogens (tertiary/aromatic N) is 2. The maximum atomic E-state index is 5.70. The molecule has 0 aliphatic rings. The number of unbranched alkanes of at least 4 members (excludes halogenated alkanes) is 1. The predicted octanol–water partition coefficient (Wildman–Crippen LogP) is 3.00. The van der Waals surface area contributed by atoms with Crippen LogP contribution in [-0.2, 0) is 17.9 Å². The molecule has 86 valence electrons. The molecule has 1 rings (SSSR count). The monoisotopic (exact) mass is 210 g/mol. The average Bonchev–Trinajstić information content (AvgIpc) is 2.70. The molecule has 1 aromatic heterocycles. The zero-order valence-corrected chi connectivity index (χ0v) is 10.1. The van der Waals surface area contributed by atoms with Gasteiger partial charge >= 0.3 is 0 Å². The second-order valence-corrected chi connectivity index (χ2v) is 3.93. The Balaban J connectivity index is 2.42. The fourth-order valence-corrected chi connectivity index (χ4v) is 1.34. The minimum absolute atomic E-state index is 0.333. The summed E-state index contributed by atoms with van der Waals surface area (Å²) in [6.45, 7) is 8.12. The minimum atomic E-state index is 0.333. The smallest absolute Gasteiger partial charge is 0.0888 e. The van der Waals surface area contributed by atoms with Crippen LogP contribution in [0.5, 0.6) is 0 Å². The highest BCUT2D eigenvalue weighted by atomic mass is 16.5. The largest absolute Gasteiger partial charge is 0.372 e. The number of hydrogen-bond donors (Lipinski definition) is 0. The molecule has 0 bridgehead atoms. The van der Waals surface area contributed by atoms with Crippen LogP contribution in [0, 0.1) is 0 Å². The molecule has 3 nitrogen and oxygen atoms in total. The molecule has 15 heavy (non-hydrogen) atoms. The van der Waals surface area contributed by atoms with Crippen molar-refractivity contribution in [2.24, 2.45) is 0 Å². The van der Waals surface area contributed by atoms with Crippen LogP contribution in [0.2, 0.25) is 0 Å². The SMILES string of the molecule is CCCCn1nccc1COC(C)CC. The van der Waals surface area contributed by atoms with Crippen LogP contribution in [0.15, 0.2) is 12.3 Å². The molecule has 0 saturated heterocycles. The van der Waals surface area contributed by atoms with E-state index < -0.39 is 0 Å². The van der Waals surface area contributed by atoms with Crippen molar-refractivity contribution < 1.29 is 4.74 Å². The van der Waals surface area contributed by atoms with Gasteiger partial charge < -0.3 is 4.74 Å². The summed E-state index contributed by atoms with van der Waals surface area (Å²) in [5.41, 5.74) is 1.18. The zero-order chi connectivity index (χ0) is 11.1. The third-order valence-corrected chi connectivity index (χ3v) is 2.62. The van der Waals surface area contributed by atoms with Crippen molar-refractivity contribution in [2.45, 2.75) is 59.3 Å². The van der Waals surface area contributed by atoms with E-state index in [1.165, 1.54) is 18.5 Å². The van der Waals surface area contributed by atoms with Gasteiger partial charge in [0.15, 0.2) is 0 Å². The van der Waals surface area contributed by atoms with Crippen LogP contribution in [0.3, 0.4) is 0 Å². The van der Waals surface area contributed by atoms with Gasteiger partial charge in [0.2, 0.25) is 0 Å². The molecule has 0 saturated carbocycles. The molecule has 0 N–H and O–H groups in total. The Morgan fingerprint density at radius 3 is 2.93 bits per heavy atom. The van der Waals surface area contributed by atoms with Gasteiger partial charge in [-0.05, 0) is 25.8 Å². The summed E-state index contributed by atoms with van der Waals surface area (Å²) in [5.74, 6) is 0. The van der Waals surface area contributed by atoms with Crippen molar-refractivity contribution in [3.05, 3.63) is 18.0 Å². The lowest BCUT2D eigenvalue weighted by atomic mass is 10.3. The molecular formula is C12H22N2O. The highest BCUT2D eigenvalue weighted by Gasteiger charge is 2.04. The number of hydrogen-bond acceptors (Lipinski definition) is 2. The Labute approximate surface area is 92.4 Å². The summed E-state index contributed by atoms with van der Waals surface area (Å²) < 4.78 is 7.74. The van der Waals surface area contributed by atoms with Crippen molar-refractivity contribution in [3.8, 4) is 0 Å². The van der Waals surface area contributed by atoms with Gasteiger partial charge in [0.25, 0.3) is 0 Å². The highest BCUT2D eigenvalue weighted by molar-refractivity contribution is 4.98. The second kappa shape index (κ2) is 6.62. The van der Waals surface area contributed by atoms with E-state index in [2.05, 4.69) is 25.9 Å². The Morgan fingerprint density at radius 1 is 1.47 bits per heavy atom. The quantitative estimate of drug-likeness (QED) is 0.691. The molecule has 0 amide bonds. The predicted molar refractivity (Wildman–Crippen MR) is 61.7 cm³/mol. The van der Waals surface area contributed by atoms with Crippen molar-refractivity contribution >= 4 is 0 Å². The summed E-state index contributed by atoms with van der Waals surface area (Å²) in [5, 5.41) is 4.29. The van der Waals surface area contributed by atoms with Gasteiger partial charge in [-0.2, -0.15) is 5.10 Å². The molecule has 1 unspecified atom stereocenters. The van der Waals surface area contributed by atoms with Crippen molar-refractivity contribution in [1.82, 2.24) is 9.78 Å². The number of rotatable bonds is 7. The lowest BCUT2D eigenvalue weighted by molar-refractivity contribution is 0.0466. The van der Waals surface area contributed by atoms with Crippen LogP contribution in [0.4, 0.5) is 0 Å². The average molecular weight is 210 g/mol. The van der Waals surface area contributed by atoms with Crippen LogP contribution in [-0.4, -0.2) is 15.9 Å². The molecule has 0 aromatic carbocycles. The lowest BCUT2D eigenvalue weighted by Crippen LogP contribution is -2.11. The molecule has 1 aromatic rings. The molecule has 3 heteroatoms. The van der Waals surface area contributed by atoms with Crippen LogP contribution in [0.1, 0.15) is 45.7 Å². The van der Waals surface area contributed by atoms with Gasteiger partial charge in [-0.15, -0.1) is 0 Å². The maximum absolute atomic E-state index is 5.70. The number of aryl methyl sites for hydroxylation is 1. The Hall–Kier alpha value is -0.830. The Morgan fingerprint density at radius 2 is 2.27 bits per heavy atom. The fraction of sp³-hybridized carbons (Fsp3) is 0.750. The van der Waals surface area contributed by atoms with E-state index in [4.69, 9.17) is 4.74 Å². The lowest BCUT2D eigenvalue weighted by Gasteiger charge is -2.11. The van der Waals surface area contributed by atoms with Crippen molar-refractivity contribution in [2.75, 3.05) is 0 Å². The van der Waals surface area contributed by atoms with Gasteiger partial charge in [-0.3, -0.25) is 4.68 Å². The van der Waals surface area contributed by atoms with Gasteiger partial charge in [0.05, 0.1) is 18.4 Å². The van der Waals surface area contributed by atoms with Gasteiger partial charge in [0, 0.05) is 12.7 Å². The standard InChI is InChI=1S/C12H22N2O/c1-4-6-9-14-12(7-8-13-14)10-15-11(3)5-2/h7-8,11H,4-6,9-10H2,1-3H3. The Kier molecular flexibility index (Phi) is 5.40. The summed E-state index contributed by atoms with van der Waals surface area (Å²) in [6, 6.07) is 2.04. The first kappa shape index (κ1) is 12.2. The van der Waals surface area contributed by atoms with E-state index in [-0.39, 0.29) is 0 Å². The van der Waals surface area contributed by atoms with Crippen LogP contribution >= 0.6 is 0 Å². The van der Waals surface area contributed by atoms with Gasteiger partial charge in [-0.25, -0.2) is 0 Å². The molecule has 0 aliphatic carbocycles. The van der Waals surface area contributed by atoms with E-state index in [0.717, 1.165) is 13.0 Å². The van der Waals surface area contributed by atoms with Crippen molar-refractivity contribution in [3.63, 3.8) is 0 Å². The molecule has 1 atom stereocenters. The minimum Gasteiger partial charge on any atom is -0.372 e. The number of aromatic nitrogens is 2. The zero-order valence-electron chi connectivity index (χ0n) is 10.1. The fourth-order valence-electron chi connectivity index (χ4n) is 1.34. The van der Waals surface area contributed by atoms with Crippen LogP contribution in [0.25, 0.3) is 0 Å². The first-order chi connectivity index (χ1) is 7.27. The molecule has 0 spiro atoms. The van der Waals surface area contributed by atoms with Crippen LogP contribution < -0.4 is 0 Å². The molecule has 0 fully saturated rings. The molecular weight excluding hydrogens is 188 g/mol. The highest BCUT2D eigenvalue weighted by Crippen LogP contribution is 2.06. The second-order valence-electron chi connectivity index (χ2n) is 3.93. The molecule has 0 radical (unpaired) electrons. The summed E-state index contributed by atoms with van der Waals surface area (Å²) in [7, 11) is 0. The third kappa shape index (κ3) is 4.04. The maximum Gasteiger partial charge on any atom is 0.0888 e. The van der Waals surface area contributed by atoms with Gasteiger partial charge in [0.1, 0.15) is 0 Å².